The lowest BCUT2D eigenvalue weighted by Gasteiger charge is -2.10. The number of para-hydroxylation sites is 3. The largest absolute Gasteiger partial charge is 0.324 e. The van der Waals surface area contributed by atoms with Gasteiger partial charge in [0.05, 0.1) is 27.8 Å². The first kappa shape index (κ1) is 16.0. The maximum atomic E-state index is 12.7. The lowest BCUT2D eigenvalue weighted by atomic mass is 10.1. The molecule has 2 aromatic heterocycles. The Bertz CT molecular complexity index is 1050. The number of amides is 2. The van der Waals surface area contributed by atoms with Gasteiger partial charge >= 0.3 is 0 Å². The molecule has 0 spiro atoms. The number of hydrogen-bond donors (Lipinski definition) is 3. The van der Waals surface area contributed by atoms with E-state index in [1.54, 1.807) is 35.7 Å². The van der Waals surface area contributed by atoms with Crippen molar-refractivity contribution in [2.75, 3.05) is 10.6 Å². The molecule has 0 saturated carbocycles. The van der Waals surface area contributed by atoms with Crippen LogP contribution in [0.3, 0.4) is 0 Å². The van der Waals surface area contributed by atoms with Crippen LogP contribution in [-0.2, 0) is 0 Å². The van der Waals surface area contributed by atoms with Gasteiger partial charge in [-0.15, -0.1) is 0 Å². The van der Waals surface area contributed by atoms with Gasteiger partial charge in [-0.3, -0.25) is 14.9 Å². The van der Waals surface area contributed by atoms with Crippen molar-refractivity contribution >= 4 is 45.8 Å². The quantitative estimate of drug-likeness (QED) is 0.510. The van der Waals surface area contributed by atoms with Crippen LogP contribution >= 0.6 is 11.3 Å². The predicted molar refractivity (Wildman–Crippen MR) is 103 cm³/mol. The fourth-order valence-corrected chi connectivity index (χ4v) is 3.20. The highest BCUT2D eigenvalue weighted by Crippen LogP contribution is 2.19. The van der Waals surface area contributed by atoms with Crippen LogP contribution in [0.1, 0.15) is 20.7 Å². The van der Waals surface area contributed by atoms with Crippen molar-refractivity contribution in [1.29, 1.82) is 0 Å². The molecule has 0 unspecified atom stereocenters. The zero-order valence-electron chi connectivity index (χ0n) is 13.5. The van der Waals surface area contributed by atoms with Crippen LogP contribution in [0.25, 0.3) is 11.0 Å². The third kappa shape index (κ3) is 3.20. The SMILES string of the molecule is O=C(Nc1ccccc1C(=O)Nc1nc2ccccc2[nH]1)c1ccsc1. The van der Waals surface area contributed by atoms with Crippen LogP contribution < -0.4 is 10.6 Å². The van der Waals surface area contributed by atoms with Crippen molar-refractivity contribution in [3.63, 3.8) is 0 Å². The molecular weight excluding hydrogens is 348 g/mol. The minimum atomic E-state index is -0.356. The molecule has 3 N–H and O–H groups in total. The summed E-state index contributed by atoms with van der Waals surface area (Å²) in [6, 6.07) is 16.1. The molecule has 128 valence electrons. The van der Waals surface area contributed by atoms with Gasteiger partial charge in [0.1, 0.15) is 0 Å². The van der Waals surface area contributed by atoms with Crippen molar-refractivity contribution in [2.45, 2.75) is 0 Å². The van der Waals surface area contributed by atoms with E-state index < -0.39 is 0 Å². The molecule has 2 heterocycles. The van der Waals surface area contributed by atoms with Gasteiger partial charge < -0.3 is 10.3 Å². The zero-order chi connectivity index (χ0) is 17.9. The van der Waals surface area contributed by atoms with Gasteiger partial charge in [-0.05, 0) is 35.7 Å². The molecule has 0 atom stereocenters. The molecule has 0 radical (unpaired) electrons. The number of hydrogen-bond acceptors (Lipinski definition) is 4. The third-order valence-corrected chi connectivity index (χ3v) is 4.51. The van der Waals surface area contributed by atoms with E-state index in [2.05, 4.69) is 20.6 Å². The van der Waals surface area contributed by atoms with Crippen molar-refractivity contribution in [3.05, 3.63) is 76.5 Å². The molecule has 2 aromatic carbocycles. The fourth-order valence-electron chi connectivity index (χ4n) is 2.57. The molecule has 4 aromatic rings. The minimum Gasteiger partial charge on any atom is -0.324 e. The van der Waals surface area contributed by atoms with Crippen LogP contribution in [-0.4, -0.2) is 21.8 Å². The summed E-state index contributed by atoms with van der Waals surface area (Å²) in [6.07, 6.45) is 0. The molecule has 2 amide bonds. The lowest BCUT2D eigenvalue weighted by molar-refractivity contribution is 0.102. The number of carbonyl (C=O) groups excluding carboxylic acids is 2. The fraction of sp³-hybridized carbons (Fsp3) is 0. The number of anilines is 2. The number of H-pyrrole nitrogens is 1. The number of nitrogens with one attached hydrogen (secondary N) is 3. The average molecular weight is 362 g/mol. The maximum Gasteiger partial charge on any atom is 0.260 e. The van der Waals surface area contributed by atoms with E-state index >= 15 is 0 Å². The highest BCUT2D eigenvalue weighted by atomic mass is 32.1. The number of aromatic nitrogens is 2. The summed E-state index contributed by atoms with van der Waals surface area (Å²) in [4.78, 5) is 32.3. The van der Waals surface area contributed by atoms with Crippen molar-refractivity contribution < 1.29 is 9.59 Å². The Balaban J connectivity index is 1.57. The summed E-state index contributed by atoms with van der Waals surface area (Å²) in [5, 5.41) is 9.11. The summed E-state index contributed by atoms with van der Waals surface area (Å²) in [5.41, 5.74) is 2.96. The van der Waals surface area contributed by atoms with Crippen LogP contribution in [0.4, 0.5) is 11.6 Å². The molecule has 4 rings (SSSR count). The Morgan fingerprint density at radius 3 is 2.54 bits per heavy atom. The second-order valence-corrected chi connectivity index (χ2v) is 6.35. The standard InChI is InChI=1S/C19H14N4O2S/c24-17(12-9-10-26-11-12)20-14-6-2-1-5-13(14)18(25)23-19-21-15-7-3-4-8-16(15)22-19/h1-11H,(H,20,24)(H2,21,22,23,25). The Hall–Kier alpha value is -3.45. The van der Waals surface area contributed by atoms with Gasteiger partial charge in [-0.1, -0.05) is 24.3 Å². The molecule has 0 bridgehead atoms. The normalized spacial score (nSPS) is 10.6. The van der Waals surface area contributed by atoms with Crippen LogP contribution in [0.5, 0.6) is 0 Å². The van der Waals surface area contributed by atoms with Gasteiger partial charge in [0.2, 0.25) is 5.95 Å². The Kier molecular flexibility index (Phi) is 4.20. The first-order valence-electron chi connectivity index (χ1n) is 7.89. The van der Waals surface area contributed by atoms with E-state index in [4.69, 9.17) is 0 Å². The average Bonchev–Trinajstić information content (AvgIpc) is 3.31. The third-order valence-electron chi connectivity index (χ3n) is 3.82. The smallest absolute Gasteiger partial charge is 0.260 e. The van der Waals surface area contributed by atoms with Gasteiger partial charge in [0.25, 0.3) is 11.8 Å². The molecule has 0 fully saturated rings. The molecule has 0 saturated heterocycles. The highest BCUT2D eigenvalue weighted by molar-refractivity contribution is 7.08. The molecule has 0 aliphatic heterocycles. The highest BCUT2D eigenvalue weighted by Gasteiger charge is 2.15. The second-order valence-electron chi connectivity index (χ2n) is 5.57. The van der Waals surface area contributed by atoms with E-state index in [9.17, 15) is 9.59 Å². The Morgan fingerprint density at radius 2 is 1.73 bits per heavy atom. The first-order chi connectivity index (χ1) is 12.7. The van der Waals surface area contributed by atoms with E-state index in [1.165, 1.54) is 11.3 Å². The molecular formula is C19H14N4O2S. The molecule has 6 nitrogen and oxygen atoms in total. The lowest BCUT2D eigenvalue weighted by Crippen LogP contribution is -2.18. The number of benzene rings is 2. The molecule has 0 aliphatic carbocycles. The Labute approximate surface area is 152 Å². The van der Waals surface area contributed by atoms with Gasteiger partial charge in [-0.25, -0.2) is 4.98 Å². The van der Waals surface area contributed by atoms with Crippen LogP contribution in [0.2, 0.25) is 0 Å². The van der Waals surface area contributed by atoms with Crippen LogP contribution in [0, 0.1) is 0 Å². The molecule has 0 aliphatic rings. The molecule has 26 heavy (non-hydrogen) atoms. The number of nitrogens with zero attached hydrogens (tertiary/aromatic N) is 1. The Morgan fingerprint density at radius 1 is 0.923 bits per heavy atom. The second kappa shape index (κ2) is 6.81. The van der Waals surface area contributed by atoms with Crippen molar-refractivity contribution in [2.24, 2.45) is 0 Å². The van der Waals surface area contributed by atoms with Crippen molar-refractivity contribution in [1.82, 2.24) is 9.97 Å². The van der Waals surface area contributed by atoms with E-state index in [0.29, 0.717) is 22.8 Å². The number of fused-ring (bicyclic) bond motifs is 1. The number of aromatic amines is 1. The minimum absolute atomic E-state index is 0.254. The molecule has 7 heteroatoms. The number of rotatable bonds is 4. The summed E-state index contributed by atoms with van der Waals surface area (Å²) in [7, 11) is 0. The summed E-state index contributed by atoms with van der Waals surface area (Å²) < 4.78 is 0. The summed E-state index contributed by atoms with van der Waals surface area (Å²) in [6.45, 7) is 0. The van der Waals surface area contributed by atoms with E-state index in [0.717, 1.165) is 11.0 Å². The topological polar surface area (TPSA) is 86.9 Å². The summed E-state index contributed by atoms with van der Waals surface area (Å²) >= 11 is 1.44. The zero-order valence-corrected chi connectivity index (χ0v) is 14.3. The van der Waals surface area contributed by atoms with Gasteiger partial charge in [0.15, 0.2) is 0 Å². The monoisotopic (exact) mass is 362 g/mol. The van der Waals surface area contributed by atoms with Crippen molar-refractivity contribution in [3.8, 4) is 0 Å². The number of thiophene rings is 1. The van der Waals surface area contributed by atoms with Crippen LogP contribution in [0.15, 0.2) is 65.4 Å². The first-order valence-corrected chi connectivity index (χ1v) is 8.84. The van der Waals surface area contributed by atoms with E-state index in [-0.39, 0.29) is 11.8 Å². The number of carbonyl (C=O) groups is 2. The predicted octanol–water partition coefficient (Wildman–Crippen LogP) is 4.13. The number of imidazole rings is 1. The van der Waals surface area contributed by atoms with E-state index in [1.807, 2.05) is 29.6 Å². The maximum absolute atomic E-state index is 12.7. The van der Waals surface area contributed by atoms with Gasteiger partial charge in [-0.2, -0.15) is 11.3 Å². The van der Waals surface area contributed by atoms with Gasteiger partial charge in [0, 0.05) is 5.38 Å². The summed E-state index contributed by atoms with van der Waals surface area (Å²) in [5.74, 6) is -0.254.